The standard InChI is InChI=1S/C16H17NO3S/c1-21-15-7-3-5-13(11-15)17-8-9-20-14-6-2-4-12(10-14)16(18)19/h2-7,10-11,17H,8-9H2,1H3,(H,18,19). The number of carbonyl (C=O) groups is 1. The molecule has 0 saturated carbocycles. The molecule has 2 rings (SSSR count). The van der Waals surface area contributed by atoms with Crippen molar-refractivity contribution in [2.24, 2.45) is 0 Å². The lowest BCUT2D eigenvalue weighted by Crippen LogP contribution is -2.11. The largest absolute Gasteiger partial charge is 0.492 e. The summed E-state index contributed by atoms with van der Waals surface area (Å²) in [5.74, 6) is -0.387. The average molecular weight is 303 g/mol. The first-order chi connectivity index (χ1) is 10.2. The molecule has 0 fully saturated rings. The van der Waals surface area contributed by atoms with Gasteiger partial charge in [0.05, 0.1) is 5.56 Å². The van der Waals surface area contributed by atoms with Crippen LogP contribution in [0.3, 0.4) is 0 Å². The van der Waals surface area contributed by atoms with Gasteiger partial charge in [0.25, 0.3) is 0 Å². The van der Waals surface area contributed by atoms with Gasteiger partial charge in [-0.25, -0.2) is 4.79 Å². The topological polar surface area (TPSA) is 58.6 Å². The van der Waals surface area contributed by atoms with Gasteiger partial charge in [0.1, 0.15) is 12.4 Å². The molecule has 2 aromatic carbocycles. The maximum absolute atomic E-state index is 10.9. The number of rotatable bonds is 7. The Labute approximate surface area is 128 Å². The van der Waals surface area contributed by atoms with Crippen molar-refractivity contribution in [1.82, 2.24) is 0 Å². The lowest BCUT2D eigenvalue weighted by atomic mass is 10.2. The molecule has 0 aliphatic heterocycles. The Morgan fingerprint density at radius 1 is 1.24 bits per heavy atom. The summed E-state index contributed by atoms with van der Waals surface area (Å²) in [4.78, 5) is 12.1. The third kappa shape index (κ3) is 4.72. The van der Waals surface area contributed by atoms with Crippen LogP contribution in [0.25, 0.3) is 0 Å². The number of benzene rings is 2. The van der Waals surface area contributed by atoms with Crippen molar-refractivity contribution in [1.29, 1.82) is 0 Å². The monoisotopic (exact) mass is 303 g/mol. The molecule has 0 bridgehead atoms. The van der Waals surface area contributed by atoms with Gasteiger partial charge in [-0.15, -0.1) is 11.8 Å². The number of hydrogen-bond acceptors (Lipinski definition) is 4. The molecule has 0 radical (unpaired) electrons. The van der Waals surface area contributed by atoms with Crippen LogP contribution in [0.5, 0.6) is 5.75 Å². The Hall–Kier alpha value is -2.14. The van der Waals surface area contributed by atoms with Gasteiger partial charge < -0.3 is 15.2 Å². The van der Waals surface area contributed by atoms with Crippen molar-refractivity contribution >= 4 is 23.4 Å². The normalized spacial score (nSPS) is 10.1. The van der Waals surface area contributed by atoms with Gasteiger partial charge in [0.15, 0.2) is 0 Å². The van der Waals surface area contributed by atoms with Gasteiger partial charge in [0.2, 0.25) is 0 Å². The summed E-state index contributed by atoms with van der Waals surface area (Å²) in [7, 11) is 0. The van der Waals surface area contributed by atoms with E-state index in [-0.39, 0.29) is 5.56 Å². The second kappa shape index (κ2) is 7.59. The molecular formula is C16H17NO3S. The highest BCUT2D eigenvalue weighted by Crippen LogP contribution is 2.19. The third-order valence-electron chi connectivity index (χ3n) is 2.85. The number of aromatic carboxylic acids is 1. The molecule has 0 aromatic heterocycles. The minimum absolute atomic E-state index is 0.230. The Morgan fingerprint density at radius 2 is 2.05 bits per heavy atom. The zero-order chi connectivity index (χ0) is 15.1. The summed E-state index contributed by atoms with van der Waals surface area (Å²) in [5, 5.41) is 12.2. The highest BCUT2D eigenvalue weighted by Gasteiger charge is 2.03. The van der Waals surface area contributed by atoms with Crippen LogP contribution in [0.4, 0.5) is 5.69 Å². The van der Waals surface area contributed by atoms with Gasteiger partial charge in [-0.1, -0.05) is 12.1 Å². The van der Waals surface area contributed by atoms with Crippen LogP contribution >= 0.6 is 11.8 Å². The third-order valence-corrected chi connectivity index (χ3v) is 3.58. The molecule has 0 amide bonds. The van der Waals surface area contributed by atoms with E-state index in [1.807, 2.05) is 18.4 Å². The number of anilines is 1. The first-order valence-electron chi connectivity index (χ1n) is 6.53. The average Bonchev–Trinajstić information content (AvgIpc) is 2.52. The zero-order valence-corrected chi connectivity index (χ0v) is 12.5. The molecule has 0 saturated heterocycles. The minimum atomic E-state index is -0.951. The lowest BCUT2D eigenvalue weighted by molar-refractivity contribution is 0.0696. The first-order valence-corrected chi connectivity index (χ1v) is 7.75. The maximum Gasteiger partial charge on any atom is 0.335 e. The van der Waals surface area contributed by atoms with Crippen LogP contribution < -0.4 is 10.1 Å². The molecule has 2 aromatic rings. The summed E-state index contributed by atoms with van der Waals surface area (Å²) in [6.07, 6.45) is 2.04. The summed E-state index contributed by atoms with van der Waals surface area (Å²) in [6, 6.07) is 14.6. The lowest BCUT2D eigenvalue weighted by Gasteiger charge is -2.09. The first kappa shape index (κ1) is 15.3. The predicted octanol–water partition coefficient (Wildman–Crippen LogP) is 3.60. The van der Waals surface area contributed by atoms with Crippen molar-refractivity contribution in [3.8, 4) is 5.75 Å². The molecule has 0 heterocycles. The predicted molar refractivity (Wildman–Crippen MR) is 85.6 cm³/mol. The minimum Gasteiger partial charge on any atom is -0.492 e. The fourth-order valence-electron chi connectivity index (χ4n) is 1.82. The number of carboxylic acid groups (broad SMARTS) is 1. The molecule has 4 nitrogen and oxygen atoms in total. The van der Waals surface area contributed by atoms with E-state index in [4.69, 9.17) is 9.84 Å². The smallest absolute Gasteiger partial charge is 0.335 e. The van der Waals surface area contributed by atoms with Gasteiger partial charge in [0, 0.05) is 17.1 Å². The number of hydrogen-bond donors (Lipinski definition) is 2. The number of carboxylic acids is 1. The van der Waals surface area contributed by atoms with Crippen LogP contribution in [-0.4, -0.2) is 30.5 Å². The van der Waals surface area contributed by atoms with Crippen LogP contribution in [0.2, 0.25) is 0 Å². The highest BCUT2D eigenvalue weighted by atomic mass is 32.2. The van der Waals surface area contributed by atoms with Gasteiger partial charge in [-0.05, 0) is 42.7 Å². The molecule has 5 heteroatoms. The fourth-order valence-corrected chi connectivity index (χ4v) is 2.28. The molecule has 110 valence electrons. The molecule has 0 atom stereocenters. The van der Waals surface area contributed by atoms with E-state index in [0.717, 1.165) is 5.69 Å². The summed E-state index contributed by atoms with van der Waals surface area (Å²) in [6.45, 7) is 1.11. The summed E-state index contributed by atoms with van der Waals surface area (Å²) < 4.78 is 5.54. The quantitative estimate of drug-likeness (QED) is 0.604. The van der Waals surface area contributed by atoms with E-state index in [2.05, 4.69) is 17.4 Å². The molecule has 2 N–H and O–H groups in total. The molecule has 0 aliphatic carbocycles. The van der Waals surface area contributed by atoms with E-state index >= 15 is 0 Å². The Balaban J connectivity index is 1.81. The molecule has 0 unspecified atom stereocenters. The van der Waals surface area contributed by atoms with E-state index in [9.17, 15) is 4.79 Å². The van der Waals surface area contributed by atoms with E-state index < -0.39 is 5.97 Å². The Kier molecular flexibility index (Phi) is 5.51. The highest BCUT2D eigenvalue weighted by molar-refractivity contribution is 7.98. The number of ether oxygens (including phenoxy) is 1. The summed E-state index contributed by atoms with van der Waals surface area (Å²) in [5.41, 5.74) is 1.28. The van der Waals surface area contributed by atoms with Crippen LogP contribution in [0.1, 0.15) is 10.4 Å². The van der Waals surface area contributed by atoms with Gasteiger partial charge >= 0.3 is 5.97 Å². The van der Waals surface area contributed by atoms with Crippen LogP contribution in [0.15, 0.2) is 53.4 Å². The van der Waals surface area contributed by atoms with Crippen molar-refractivity contribution in [3.05, 3.63) is 54.1 Å². The van der Waals surface area contributed by atoms with E-state index in [1.165, 1.54) is 11.0 Å². The second-order valence-corrected chi connectivity index (χ2v) is 5.22. The maximum atomic E-state index is 10.9. The zero-order valence-electron chi connectivity index (χ0n) is 11.7. The van der Waals surface area contributed by atoms with Crippen molar-refractivity contribution in [3.63, 3.8) is 0 Å². The Bertz CT molecular complexity index is 616. The van der Waals surface area contributed by atoms with E-state index in [1.54, 1.807) is 30.0 Å². The van der Waals surface area contributed by atoms with Gasteiger partial charge in [-0.3, -0.25) is 0 Å². The molecule has 21 heavy (non-hydrogen) atoms. The SMILES string of the molecule is CSc1cccc(NCCOc2cccc(C(=O)O)c2)c1. The second-order valence-electron chi connectivity index (χ2n) is 4.34. The van der Waals surface area contributed by atoms with E-state index in [0.29, 0.717) is 18.9 Å². The van der Waals surface area contributed by atoms with Gasteiger partial charge in [-0.2, -0.15) is 0 Å². The molecule has 0 spiro atoms. The molecule has 0 aliphatic rings. The van der Waals surface area contributed by atoms with Crippen LogP contribution in [-0.2, 0) is 0 Å². The fraction of sp³-hybridized carbons (Fsp3) is 0.188. The Morgan fingerprint density at radius 3 is 2.81 bits per heavy atom. The van der Waals surface area contributed by atoms with Crippen molar-refractivity contribution in [2.45, 2.75) is 4.90 Å². The van der Waals surface area contributed by atoms with Crippen molar-refractivity contribution in [2.75, 3.05) is 24.7 Å². The number of thioether (sulfide) groups is 1. The number of nitrogens with one attached hydrogen (secondary N) is 1. The van der Waals surface area contributed by atoms with Crippen LogP contribution in [0, 0.1) is 0 Å². The van der Waals surface area contributed by atoms with Crippen molar-refractivity contribution < 1.29 is 14.6 Å². The summed E-state index contributed by atoms with van der Waals surface area (Å²) >= 11 is 1.70. The molecular weight excluding hydrogens is 286 g/mol.